The highest BCUT2D eigenvalue weighted by atomic mass is 35.5. The van der Waals surface area contributed by atoms with Crippen LogP contribution in [0.5, 0.6) is 6.01 Å². The summed E-state index contributed by atoms with van der Waals surface area (Å²) in [4.78, 5) is 23.4. The number of hydrogen-bond acceptors (Lipinski definition) is 7. The molecule has 1 aromatic heterocycles. The van der Waals surface area contributed by atoms with Gasteiger partial charge in [-0.2, -0.15) is 15.0 Å². The van der Waals surface area contributed by atoms with Crippen molar-refractivity contribution in [2.75, 3.05) is 32.2 Å². The van der Waals surface area contributed by atoms with Gasteiger partial charge in [-0.05, 0) is 25.4 Å². The molecule has 1 amide bonds. The number of aromatic nitrogens is 3. The average Bonchev–Trinajstić information content (AvgIpc) is 2.38. The predicted molar refractivity (Wildman–Crippen MR) is 74.0 cm³/mol. The summed E-state index contributed by atoms with van der Waals surface area (Å²) in [5.41, 5.74) is 0. The maximum absolute atomic E-state index is 11.8. The Bertz CT molecular complexity index is 446. The zero-order valence-electron chi connectivity index (χ0n) is 11.6. The number of anilines is 1. The number of amides is 1. The van der Waals surface area contributed by atoms with Gasteiger partial charge in [0.1, 0.15) is 6.04 Å². The summed E-state index contributed by atoms with van der Waals surface area (Å²) in [6, 6.07) is -0.415. The van der Waals surface area contributed by atoms with Gasteiger partial charge in [0, 0.05) is 13.7 Å². The van der Waals surface area contributed by atoms with E-state index in [2.05, 4.69) is 25.6 Å². The van der Waals surface area contributed by atoms with Gasteiger partial charge in [-0.25, -0.2) is 0 Å². The number of rotatable bonds is 8. The van der Waals surface area contributed by atoms with Crippen LogP contribution < -0.4 is 15.4 Å². The summed E-state index contributed by atoms with van der Waals surface area (Å²) in [6.45, 7) is 4.78. The van der Waals surface area contributed by atoms with Gasteiger partial charge in [0.25, 0.3) is 0 Å². The molecule has 8 nitrogen and oxygen atoms in total. The number of ether oxygens (including phenoxy) is 2. The van der Waals surface area contributed by atoms with E-state index in [0.29, 0.717) is 19.8 Å². The van der Waals surface area contributed by atoms with Crippen molar-refractivity contribution in [1.82, 2.24) is 20.3 Å². The van der Waals surface area contributed by atoms with Gasteiger partial charge in [-0.3, -0.25) is 4.79 Å². The molecule has 0 fully saturated rings. The molecule has 0 bridgehead atoms. The molecular formula is C11H18ClN5O3. The molecule has 0 aromatic carbocycles. The molecule has 9 heteroatoms. The first-order chi connectivity index (χ1) is 9.56. The van der Waals surface area contributed by atoms with Crippen molar-refractivity contribution in [2.24, 2.45) is 0 Å². The summed E-state index contributed by atoms with van der Waals surface area (Å²) >= 11 is 5.75. The number of hydrogen-bond donors (Lipinski definition) is 2. The highest BCUT2D eigenvalue weighted by Gasteiger charge is 2.14. The molecule has 1 aromatic rings. The van der Waals surface area contributed by atoms with E-state index in [0.717, 1.165) is 0 Å². The number of carbonyl (C=O) groups is 1. The fourth-order valence-corrected chi connectivity index (χ4v) is 1.43. The lowest BCUT2D eigenvalue weighted by molar-refractivity contribution is -0.121. The lowest BCUT2D eigenvalue weighted by atomic mass is 10.3. The first-order valence-electron chi connectivity index (χ1n) is 6.14. The largest absolute Gasteiger partial charge is 0.464 e. The molecule has 2 N–H and O–H groups in total. The van der Waals surface area contributed by atoms with Crippen molar-refractivity contribution < 1.29 is 14.3 Å². The second-order valence-electron chi connectivity index (χ2n) is 3.79. The molecule has 0 saturated heterocycles. The maximum Gasteiger partial charge on any atom is 0.322 e. The van der Waals surface area contributed by atoms with Crippen molar-refractivity contribution in [3.63, 3.8) is 0 Å². The van der Waals surface area contributed by atoms with Crippen LogP contribution in [-0.4, -0.2) is 53.8 Å². The molecule has 0 saturated carbocycles. The van der Waals surface area contributed by atoms with E-state index in [1.807, 2.05) is 0 Å². The number of carbonyl (C=O) groups excluding carboxylic acids is 1. The SMILES string of the molecule is CCOc1nc(Cl)nc(NC(C)C(=O)NCCOC)n1. The second-order valence-corrected chi connectivity index (χ2v) is 4.13. The molecule has 0 radical (unpaired) electrons. The van der Waals surface area contributed by atoms with Gasteiger partial charge in [-0.15, -0.1) is 0 Å². The average molecular weight is 304 g/mol. The molecule has 1 rings (SSSR count). The second kappa shape index (κ2) is 8.49. The van der Waals surface area contributed by atoms with Crippen LogP contribution in [0.15, 0.2) is 0 Å². The van der Waals surface area contributed by atoms with Crippen molar-refractivity contribution >= 4 is 23.5 Å². The van der Waals surface area contributed by atoms with Crippen LogP contribution in [0.25, 0.3) is 0 Å². The molecule has 112 valence electrons. The quantitative estimate of drug-likeness (QED) is 0.674. The Morgan fingerprint density at radius 3 is 2.80 bits per heavy atom. The van der Waals surface area contributed by atoms with Gasteiger partial charge < -0.3 is 20.1 Å². The minimum atomic E-state index is -0.528. The highest BCUT2D eigenvalue weighted by molar-refractivity contribution is 6.28. The molecule has 0 spiro atoms. The van der Waals surface area contributed by atoms with E-state index in [4.69, 9.17) is 21.1 Å². The molecule has 20 heavy (non-hydrogen) atoms. The molecule has 0 aliphatic heterocycles. The Morgan fingerprint density at radius 2 is 2.15 bits per heavy atom. The van der Waals surface area contributed by atoms with E-state index >= 15 is 0 Å². The van der Waals surface area contributed by atoms with Gasteiger partial charge in [0.05, 0.1) is 13.2 Å². The van der Waals surface area contributed by atoms with Crippen LogP contribution in [0.3, 0.4) is 0 Å². The zero-order valence-corrected chi connectivity index (χ0v) is 12.4. The first-order valence-corrected chi connectivity index (χ1v) is 6.52. The summed E-state index contributed by atoms with van der Waals surface area (Å²) in [5, 5.41) is 5.52. The minimum Gasteiger partial charge on any atom is -0.464 e. The third kappa shape index (κ3) is 5.54. The van der Waals surface area contributed by atoms with E-state index in [9.17, 15) is 4.79 Å². The third-order valence-electron chi connectivity index (χ3n) is 2.21. The first kappa shape index (κ1) is 16.4. The maximum atomic E-state index is 11.8. The van der Waals surface area contributed by atoms with E-state index in [1.54, 1.807) is 21.0 Å². The van der Waals surface area contributed by atoms with Crippen molar-refractivity contribution in [1.29, 1.82) is 0 Å². The molecule has 1 atom stereocenters. The van der Waals surface area contributed by atoms with Crippen LogP contribution in [-0.2, 0) is 9.53 Å². The van der Waals surface area contributed by atoms with Crippen LogP contribution in [0.4, 0.5) is 5.95 Å². The van der Waals surface area contributed by atoms with Gasteiger partial charge in [0.15, 0.2) is 0 Å². The Balaban J connectivity index is 2.60. The Labute approximate surface area is 122 Å². The molecular weight excluding hydrogens is 286 g/mol. The lowest BCUT2D eigenvalue weighted by Crippen LogP contribution is -2.39. The van der Waals surface area contributed by atoms with Crippen molar-refractivity contribution in [3.05, 3.63) is 5.28 Å². The van der Waals surface area contributed by atoms with Gasteiger partial charge >= 0.3 is 6.01 Å². The van der Waals surface area contributed by atoms with Crippen LogP contribution >= 0.6 is 11.6 Å². The summed E-state index contributed by atoms with van der Waals surface area (Å²) in [7, 11) is 1.57. The van der Waals surface area contributed by atoms with Gasteiger partial charge in [0.2, 0.25) is 17.1 Å². The number of nitrogens with zero attached hydrogens (tertiary/aromatic N) is 3. The van der Waals surface area contributed by atoms with Crippen LogP contribution in [0.2, 0.25) is 5.28 Å². The van der Waals surface area contributed by atoms with Crippen molar-refractivity contribution in [2.45, 2.75) is 19.9 Å². The normalized spacial score (nSPS) is 11.8. The summed E-state index contributed by atoms with van der Waals surface area (Å²) in [6.07, 6.45) is 0. The summed E-state index contributed by atoms with van der Waals surface area (Å²) < 4.78 is 9.99. The smallest absolute Gasteiger partial charge is 0.322 e. The van der Waals surface area contributed by atoms with E-state index in [-0.39, 0.29) is 23.1 Å². The van der Waals surface area contributed by atoms with E-state index in [1.165, 1.54) is 0 Å². The number of halogens is 1. The van der Waals surface area contributed by atoms with Crippen molar-refractivity contribution in [3.8, 4) is 6.01 Å². The van der Waals surface area contributed by atoms with Crippen LogP contribution in [0, 0.1) is 0 Å². The number of methoxy groups -OCH3 is 1. The Kier molecular flexibility index (Phi) is 6.96. The Hall–Kier alpha value is -1.67. The Morgan fingerprint density at radius 1 is 1.40 bits per heavy atom. The molecule has 1 unspecified atom stereocenters. The molecule has 1 heterocycles. The van der Waals surface area contributed by atoms with Gasteiger partial charge in [-0.1, -0.05) is 0 Å². The fraction of sp³-hybridized carbons (Fsp3) is 0.636. The molecule has 0 aliphatic rings. The lowest BCUT2D eigenvalue weighted by Gasteiger charge is -2.14. The van der Waals surface area contributed by atoms with E-state index < -0.39 is 6.04 Å². The monoisotopic (exact) mass is 303 g/mol. The highest BCUT2D eigenvalue weighted by Crippen LogP contribution is 2.12. The summed E-state index contributed by atoms with van der Waals surface area (Å²) in [5.74, 6) is -0.0145. The zero-order chi connectivity index (χ0) is 15.0. The predicted octanol–water partition coefficient (Wildman–Crippen LogP) is 0.487. The molecule has 0 aliphatic carbocycles. The third-order valence-corrected chi connectivity index (χ3v) is 2.37. The fourth-order valence-electron chi connectivity index (χ4n) is 1.28. The minimum absolute atomic E-state index is 0.00191. The standard InChI is InChI=1S/C11H18ClN5O3/c1-4-20-11-16-9(12)15-10(17-11)14-7(2)8(18)13-5-6-19-3/h7H,4-6H2,1-3H3,(H,13,18)(H,14,15,16,17). The van der Waals surface area contributed by atoms with Crippen LogP contribution in [0.1, 0.15) is 13.8 Å². The number of nitrogens with one attached hydrogen (secondary N) is 2. The topological polar surface area (TPSA) is 98.3 Å².